The molecule has 13 heavy (non-hydrogen) atoms. The summed E-state index contributed by atoms with van der Waals surface area (Å²) in [5, 5.41) is 12.0. The van der Waals surface area contributed by atoms with Crippen molar-refractivity contribution in [3.63, 3.8) is 0 Å². The Morgan fingerprint density at radius 3 is 1.23 bits per heavy atom. The van der Waals surface area contributed by atoms with Crippen LogP contribution in [0.4, 0.5) is 0 Å². The Bertz CT molecular complexity index is 177. The Kier molecular flexibility index (Phi) is 14.1. The summed E-state index contributed by atoms with van der Waals surface area (Å²) in [6, 6.07) is 0. The summed E-state index contributed by atoms with van der Waals surface area (Å²) < 4.78 is 9.33. The number of nitrogens with two attached hydrogens (primary N) is 2. The zero-order valence-electron chi connectivity index (χ0n) is 6.80. The summed E-state index contributed by atoms with van der Waals surface area (Å²) in [7, 11) is -3.64. The zero-order valence-corrected chi connectivity index (χ0v) is 9.48. The van der Waals surface area contributed by atoms with Crippen LogP contribution in [0.15, 0.2) is 0 Å². The highest BCUT2D eigenvalue weighted by molar-refractivity contribution is 7.96. The van der Waals surface area contributed by atoms with Crippen LogP contribution in [0, 0.1) is 10.8 Å². The maximum Gasteiger partial charge on any atom is 0.322 e. The highest BCUT2D eigenvalue weighted by Gasteiger charge is 1.95. The van der Waals surface area contributed by atoms with Gasteiger partial charge in [0.05, 0.1) is 0 Å². The molecule has 0 heterocycles. The zero-order chi connectivity index (χ0) is 11.7. The summed E-state index contributed by atoms with van der Waals surface area (Å²) in [6.45, 7) is 0.854. The minimum Gasteiger partial charge on any atom is -0.379 e. The van der Waals surface area contributed by atoms with Gasteiger partial charge in [0.2, 0.25) is 0 Å². The molecule has 0 rings (SSSR count). The first-order chi connectivity index (χ1) is 5.46. The van der Waals surface area contributed by atoms with Crippen molar-refractivity contribution >= 4 is 43.2 Å². The third-order valence-electron chi connectivity index (χ3n) is 0. The molecule has 0 saturated carbocycles. The molecule has 0 amide bonds. The standard InChI is InChI=1S/2CH4N2S.CH5O3P/c2*2-1(3)4;1-5(2,3)4/h2*(H4,2,3,4);1H3,(H2,2,3,4). The second-order valence-electron chi connectivity index (χ2n) is 1.61. The van der Waals surface area contributed by atoms with Crippen molar-refractivity contribution < 1.29 is 14.4 Å². The Balaban J connectivity index is -0.000000117. The number of amidine groups is 2. The van der Waals surface area contributed by atoms with E-state index in [1.54, 1.807) is 0 Å². The molecule has 0 aliphatic carbocycles. The molecule has 0 unspecified atom stereocenters. The van der Waals surface area contributed by atoms with Gasteiger partial charge in [-0.1, -0.05) is 0 Å². The van der Waals surface area contributed by atoms with E-state index in [0.717, 1.165) is 6.66 Å². The van der Waals surface area contributed by atoms with E-state index >= 15 is 0 Å². The number of hydrogen-bond acceptors (Lipinski definition) is 3. The van der Waals surface area contributed by atoms with Gasteiger partial charge in [-0.15, -0.1) is 25.3 Å². The maximum absolute atomic E-state index is 9.33. The fourth-order valence-corrected chi connectivity index (χ4v) is 0. The van der Waals surface area contributed by atoms with Crippen molar-refractivity contribution in [1.82, 2.24) is 0 Å². The predicted octanol–water partition coefficient (Wildman–Crippen LogP) is -0.587. The first-order valence-corrected chi connectivity index (χ1v) is 5.51. The van der Waals surface area contributed by atoms with Crippen LogP contribution in [-0.4, -0.2) is 26.8 Å². The van der Waals surface area contributed by atoms with E-state index in [1.165, 1.54) is 0 Å². The maximum atomic E-state index is 9.33. The fourth-order valence-electron chi connectivity index (χ4n) is 0. The fraction of sp³-hybridized carbons (Fsp3) is 0.333. The second kappa shape index (κ2) is 9.87. The molecule has 0 aromatic carbocycles. The van der Waals surface area contributed by atoms with Gasteiger partial charge in [-0.25, -0.2) is 0 Å². The molecule has 10 heteroatoms. The molecule has 0 aromatic heterocycles. The van der Waals surface area contributed by atoms with Crippen molar-refractivity contribution in [3.05, 3.63) is 0 Å². The van der Waals surface area contributed by atoms with E-state index in [-0.39, 0.29) is 10.3 Å². The van der Waals surface area contributed by atoms with Crippen LogP contribution in [0.1, 0.15) is 0 Å². The number of thiol groups is 2. The van der Waals surface area contributed by atoms with Gasteiger partial charge in [0.1, 0.15) is 10.3 Å². The smallest absolute Gasteiger partial charge is 0.322 e. The lowest BCUT2D eigenvalue weighted by molar-refractivity contribution is 0.381. The molecule has 0 bridgehead atoms. The van der Waals surface area contributed by atoms with Crippen molar-refractivity contribution in [2.24, 2.45) is 11.5 Å². The SMILES string of the molecule is CP(=O)(O)O.N=C(N)S.N=C(N)S. The molecule has 0 saturated heterocycles. The summed E-state index contributed by atoms with van der Waals surface area (Å²) >= 11 is 6.65. The molecule has 0 radical (unpaired) electrons. The molecule has 0 aromatic rings. The van der Waals surface area contributed by atoms with Gasteiger partial charge in [0, 0.05) is 6.66 Å². The Labute approximate surface area is 86.9 Å². The van der Waals surface area contributed by atoms with Crippen molar-refractivity contribution in [2.45, 2.75) is 0 Å². The average Bonchev–Trinajstić information content (AvgIpc) is 1.50. The molecule has 0 aliphatic rings. The minimum atomic E-state index is -3.64. The molecule has 8 N–H and O–H groups in total. The monoisotopic (exact) mass is 248 g/mol. The number of hydrogen-bond donors (Lipinski definition) is 8. The first-order valence-electron chi connectivity index (χ1n) is 2.55. The van der Waals surface area contributed by atoms with Gasteiger partial charge in [-0.3, -0.25) is 15.4 Å². The van der Waals surface area contributed by atoms with Crippen LogP contribution >= 0.6 is 32.9 Å². The summed E-state index contributed by atoms with van der Waals surface area (Å²) in [4.78, 5) is 15.3. The van der Waals surface area contributed by atoms with Gasteiger partial charge in [0.25, 0.3) is 0 Å². The molecule has 0 atom stereocenters. The molecule has 0 spiro atoms. The third kappa shape index (κ3) is 25600. The van der Waals surface area contributed by atoms with Crippen molar-refractivity contribution in [1.29, 1.82) is 10.8 Å². The van der Waals surface area contributed by atoms with Gasteiger partial charge in [-0.2, -0.15) is 0 Å². The molecule has 80 valence electrons. The predicted molar refractivity (Wildman–Crippen MR) is 59.8 cm³/mol. The van der Waals surface area contributed by atoms with Crippen LogP contribution in [0.2, 0.25) is 0 Å². The van der Waals surface area contributed by atoms with Gasteiger partial charge in [-0.05, 0) is 0 Å². The summed E-state index contributed by atoms with van der Waals surface area (Å²) in [6.07, 6.45) is 0. The largest absolute Gasteiger partial charge is 0.379 e. The Morgan fingerprint density at radius 2 is 1.23 bits per heavy atom. The molecule has 0 aliphatic heterocycles. The molecule has 0 fully saturated rings. The molecular formula is C3H13N4O3PS2. The average molecular weight is 248 g/mol. The van der Waals surface area contributed by atoms with E-state index in [4.69, 9.17) is 20.6 Å². The number of nitrogens with one attached hydrogen (secondary N) is 2. The highest BCUT2D eigenvalue weighted by atomic mass is 32.1. The van der Waals surface area contributed by atoms with E-state index in [2.05, 4.69) is 36.7 Å². The van der Waals surface area contributed by atoms with E-state index < -0.39 is 7.60 Å². The van der Waals surface area contributed by atoms with Crippen LogP contribution in [0.5, 0.6) is 0 Å². The summed E-state index contributed by atoms with van der Waals surface area (Å²) in [5.74, 6) is 0. The van der Waals surface area contributed by atoms with Crippen LogP contribution in [0.3, 0.4) is 0 Å². The normalized spacial score (nSPS) is 8.38. The van der Waals surface area contributed by atoms with Crippen molar-refractivity contribution in [2.75, 3.05) is 6.66 Å². The molecule has 7 nitrogen and oxygen atoms in total. The Hall–Kier alpha value is -0.210. The lowest BCUT2D eigenvalue weighted by Gasteiger charge is -1.84. The molecular weight excluding hydrogens is 235 g/mol. The summed E-state index contributed by atoms with van der Waals surface area (Å²) in [5.41, 5.74) is 9.12. The van der Waals surface area contributed by atoms with E-state index in [1.807, 2.05) is 0 Å². The topological polar surface area (TPSA) is 157 Å². The van der Waals surface area contributed by atoms with Crippen LogP contribution in [-0.2, 0) is 4.57 Å². The first kappa shape index (κ1) is 18.5. The van der Waals surface area contributed by atoms with Crippen molar-refractivity contribution in [3.8, 4) is 0 Å². The highest BCUT2D eigenvalue weighted by Crippen LogP contribution is 2.26. The number of rotatable bonds is 0. The van der Waals surface area contributed by atoms with Crippen LogP contribution < -0.4 is 11.5 Å². The Morgan fingerprint density at radius 1 is 1.23 bits per heavy atom. The van der Waals surface area contributed by atoms with Gasteiger partial charge in [0.15, 0.2) is 0 Å². The quantitative estimate of drug-likeness (QED) is 0.124. The van der Waals surface area contributed by atoms with Gasteiger partial charge < -0.3 is 21.3 Å². The van der Waals surface area contributed by atoms with E-state index in [0.29, 0.717) is 0 Å². The lowest BCUT2D eigenvalue weighted by Crippen LogP contribution is -1.96. The second-order valence-corrected chi connectivity index (χ2v) is 4.24. The minimum absolute atomic E-state index is 0.139. The third-order valence-corrected chi connectivity index (χ3v) is 0. The van der Waals surface area contributed by atoms with Crippen LogP contribution in [0.25, 0.3) is 0 Å². The lowest BCUT2D eigenvalue weighted by atomic mass is 11.4. The van der Waals surface area contributed by atoms with Gasteiger partial charge >= 0.3 is 7.60 Å². The van der Waals surface area contributed by atoms with E-state index in [9.17, 15) is 4.57 Å².